The molecule has 6 nitrogen and oxygen atoms in total. The minimum Gasteiger partial charge on any atom is -0.382 e. The molecule has 0 radical (unpaired) electrons. The predicted molar refractivity (Wildman–Crippen MR) is 93.8 cm³/mol. The van der Waals surface area contributed by atoms with E-state index in [4.69, 9.17) is 11.6 Å². The number of likely N-dealkylation sites (tertiary alicyclic amines) is 1. The van der Waals surface area contributed by atoms with Crippen LogP contribution in [-0.2, 0) is 4.79 Å². The molecule has 1 aliphatic rings. The molecule has 1 aromatic heterocycles. The smallest absolute Gasteiger partial charge is 0.292 e. The molecular weight excluding hydrogens is 328 g/mol. The van der Waals surface area contributed by atoms with Crippen molar-refractivity contribution >= 4 is 23.2 Å². The summed E-state index contributed by atoms with van der Waals surface area (Å²) in [6, 6.07) is 9.09. The summed E-state index contributed by atoms with van der Waals surface area (Å²) in [4.78, 5) is 26.2. The second-order valence-electron chi connectivity index (χ2n) is 5.69. The lowest BCUT2D eigenvalue weighted by molar-refractivity contribution is -0.129. The lowest BCUT2D eigenvalue weighted by Crippen LogP contribution is -2.29. The van der Waals surface area contributed by atoms with Gasteiger partial charge in [-0.2, -0.15) is 9.78 Å². The molecule has 2 heterocycles. The summed E-state index contributed by atoms with van der Waals surface area (Å²) in [5.74, 6) is 0.127. The Morgan fingerprint density at radius 1 is 1.21 bits per heavy atom. The molecule has 24 heavy (non-hydrogen) atoms. The Morgan fingerprint density at radius 2 is 1.92 bits per heavy atom. The first-order chi connectivity index (χ1) is 11.7. The van der Waals surface area contributed by atoms with Crippen molar-refractivity contribution in [3.8, 4) is 5.69 Å². The van der Waals surface area contributed by atoms with Crippen LogP contribution in [0.1, 0.15) is 19.3 Å². The van der Waals surface area contributed by atoms with Gasteiger partial charge in [-0.15, -0.1) is 0 Å². The van der Waals surface area contributed by atoms with Crippen molar-refractivity contribution in [3.63, 3.8) is 0 Å². The third kappa shape index (κ3) is 3.59. The maximum atomic E-state index is 12.3. The number of nitrogens with zero attached hydrogens (tertiary/aromatic N) is 3. The fourth-order valence-electron chi connectivity index (χ4n) is 2.74. The number of carbonyl (C=O) groups is 1. The molecule has 126 valence electrons. The van der Waals surface area contributed by atoms with Crippen LogP contribution in [0, 0.1) is 0 Å². The van der Waals surface area contributed by atoms with Gasteiger partial charge in [0.2, 0.25) is 5.91 Å². The van der Waals surface area contributed by atoms with E-state index in [0.29, 0.717) is 24.3 Å². The zero-order chi connectivity index (χ0) is 16.9. The standard InChI is InChI=1S/C17H19ClN4O2/c18-16-14(19-9-8-15(23)21-10-4-5-11-21)12-20-22(17(16)24)13-6-2-1-3-7-13/h1-3,6-7,12,19H,4-5,8-11H2. The van der Waals surface area contributed by atoms with Crippen molar-refractivity contribution in [2.24, 2.45) is 0 Å². The SMILES string of the molecule is O=C(CCNc1cnn(-c2ccccc2)c(=O)c1Cl)N1CCCC1. The molecule has 1 N–H and O–H groups in total. The normalized spacial score (nSPS) is 14.0. The molecule has 2 aromatic rings. The highest BCUT2D eigenvalue weighted by Gasteiger charge is 2.17. The first-order valence-electron chi connectivity index (χ1n) is 8.02. The van der Waals surface area contributed by atoms with Gasteiger partial charge in [-0.3, -0.25) is 9.59 Å². The lowest BCUT2D eigenvalue weighted by atomic mass is 10.3. The Labute approximate surface area is 145 Å². The number of benzene rings is 1. The van der Waals surface area contributed by atoms with Crippen LogP contribution in [0.4, 0.5) is 5.69 Å². The third-order valence-electron chi connectivity index (χ3n) is 4.03. The van der Waals surface area contributed by atoms with E-state index in [2.05, 4.69) is 10.4 Å². The van der Waals surface area contributed by atoms with Crippen LogP contribution >= 0.6 is 11.6 Å². The van der Waals surface area contributed by atoms with Gasteiger partial charge >= 0.3 is 0 Å². The molecule has 0 atom stereocenters. The first kappa shape index (κ1) is 16.5. The van der Waals surface area contributed by atoms with E-state index in [9.17, 15) is 9.59 Å². The Kier molecular flexibility index (Phi) is 5.15. The van der Waals surface area contributed by atoms with Crippen LogP contribution in [0.3, 0.4) is 0 Å². The second kappa shape index (κ2) is 7.49. The quantitative estimate of drug-likeness (QED) is 0.902. The molecule has 0 saturated carbocycles. The summed E-state index contributed by atoms with van der Waals surface area (Å²) < 4.78 is 1.25. The minimum atomic E-state index is -0.390. The first-order valence-corrected chi connectivity index (χ1v) is 8.39. The Hall–Kier alpha value is -2.34. The second-order valence-corrected chi connectivity index (χ2v) is 6.07. The molecule has 3 rings (SSSR count). The Morgan fingerprint density at radius 3 is 2.62 bits per heavy atom. The summed E-state index contributed by atoms with van der Waals surface area (Å²) in [5.41, 5.74) is 0.710. The average Bonchev–Trinajstić information content (AvgIpc) is 3.14. The Bertz CT molecular complexity index is 770. The molecule has 0 bridgehead atoms. The van der Waals surface area contributed by atoms with Gasteiger partial charge in [0.1, 0.15) is 5.02 Å². The van der Waals surface area contributed by atoms with E-state index < -0.39 is 5.56 Å². The van der Waals surface area contributed by atoms with Gasteiger partial charge in [-0.25, -0.2) is 0 Å². The predicted octanol–water partition coefficient (Wildman–Crippen LogP) is 2.31. The van der Waals surface area contributed by atoms with E-state index in [-0.39, 0.29) is 10.9 Å². The molecule has 1 amide bonds. The number of anilines is 1. The van der Waals surface area contributed by atoms with Crippen molar-refractivity contribution in [1.29, 1.82) is 0 Å². The van der Waals surface area contributed by atoms with Crippen molar-refractivity contribution in [2.75, 3.05) is 25.0 Å². The van der Waals surface area contributed by atoms with Crippen LogP contribution in [-0.4, -0.2) is 40.2 Å². The van der Waals surface area contributed by atoms with Crippen LogP contribution in [0.15, 0.2) is 41.3 Å². The van der Waals surface area contributed by atoms with Gasteiger partial charge in [0.25, 0.3) is 5.56 Å². The summed E-state index contributed by atoms with van der Waals surface area (Å²) in [5, 5.41) is 7.25. The van der Waals surface area contributed by atoms with Gasteiger partial charge in [-0.1, -0.05) is 29.8 Å². The zero-order valence-corrected chi connectivity index (χ0v) is 14.0. The fraction of sp³-hybridized carbons (Fsp3) is 0.353. The maximum Gasteiger partial charge on any atom is 0.292 e. The molecule has 1 aliphatic heterocycles. The van der Waals surface area contributed by atoms with E-state index in [1.807, 2.05) is 23.1 Å². The molecule has 0 spiro atoms. The van der Waals surface area contributed by atoms with Gasteiger partial charge in [0.15, 0.2) is 0 Å². The van der Waals surface area contributed by atoms with Gasteiger partial charge in [0, 0.05) is 26.1 Å². The van der Waals surface area contributed by atoms with Gasteiger partial charge < -0.3 is 10.2 Å². The summed E-state index contributed by atoms with van der Waals surface area (Å²) >= 11 is 6.16. The number of rotatable bonds is 5. The molecule has 1 aromatic carbocycles. The maximum absolute atomic E-state index is 12.3. The van der Waals surface area contributed by atoms with Gasteiger partial charge in [-0.05, 0) is 25.0 Å². The average molecular weight is 347 g/mol. The van der Waals surface area contributed by atoms with Crippen LogP contribution in [0.2, 0.25) is 5.02 Å². The van der Waals surface area contributed by atoms with Gasteiger partial charge in [0.05, 0.1) is 17.6 Å². The Balaban J connectivity index is 1.65. The van der Waals surface area contributed by atoms with E-state index in [1.165, 1.54) is 10.9 Å². The van der Waals surface area contributed by atoms with Crippen LogP contribution < -0.4 is 10.9 Å². The summed E-state index contributed by atoms with van der Waals surface area (Å²) in [7, 11) is 0. The third-order valence-corrected chi connectivity index (χ3v) is 4.40. The fourth-order valence-corrected chi connectivity index (χ4v) is 2.93. The molecule has 0 aliphatic carbocycles. The highest BCUT2D eigenvalue weighted by Crippen LogP contribution is 2.17. The van der Waals surface area contributed by atoms with Crippen molar-refractivity contribution in [2.45, 2.75) is 19.3 Å². The molecule has 1 saturated heterocycles. The molecule has 0 unspecified atom stereocenters. The minimum absolute atomic E-state index is 0.0717. The number of carbonyl (C=O) groups excluding carboxylic acids is 1. The molecule has 7 heteroatoms. The number of para-hydroxylation sites is 1. The molecule has 1 fully saturated rings. The summed E-state index contributed by atoms with van der Waals surface area (Å²) in [6.07, 6.45) is 4.04. The number of hydrogen-bond donors (Lipinski definition) is 1. The van der Waals surface area contributed by atoms with E-state index in [1.54, 1.807) is 12.1 Å². The summed E-state index contributed by atoms with van der Waals surface area (Å²) in [6.45, 7) is 2.11. The van der Waals surface area contributed by atoms with E-state index >= 15 is 0 Å². The number of halogens is 1. The highest BCUT2D eigenvalue weighted by molar-refractivity contribution is 6.32. The number of amides is 1. The number of aromatic nitrogens is 2. The van der Waals surface area contributed by atoms with Crippen molar-refractivity contribution < 1.29 is 4.79 Å². The zero-order valence-electron chi connectivity index (χ0n) is 13.2. The molecular formula is C17H19ClN4O2. The van der Waals surface area contributed by atoms with Crippen molar-refractivity contribution in [1.82, 2.24) is 14.7 Å². The monoisotopic (exact) mass is 346 g/mol. The lowest BCUT2D eigenvalue weighted by Gasteiger charge is -2.15. The van der Waals surface area contributed by atoms with Crippen LogP contribution in [0.25, 0.3) is 5.69 Å². The largest absolute Gasteiger partial charge is 0.382 e. The number of hydrogen-bond acceptors (Lipinski definition) is 4. The highest BCUT2D eigenvalue weighted by atomic mass is 35.5. The van der Waals surface area contributed by atoms with E-state index in [0.717, 1.165) is 25.9 Å². The van der Waals surface area contributed by atoms with Crippen LogP contribution in [0.5, 0.6) is 0 Å². The number of nitrogens with one attached hydrogen (secondary N) is 1. The topological polar surface area (TPSA) is 67.2 Å². The van der Waals surface area contributed by atoms with Crippen molar-refractivity contribution in [3.05, 3.63) is 51.9 Å².